The molecule has 1 aliphatic rings. The van der Waals surface area contributed by atoms with E-state index < -0.39 is 0 Å². The van der Waals surface area contributed by atoms with Crippen molar-refractivity contribution in [2.45, 2.75) is 52.0 Å². The van der Waals surface area contributed by atoms with Crippen LogP contribution in [0.15, 0.2) is 12.3 Å². The lowest BCUT2D eigenvalue weighted by atomic mass is 9.83. The quantitative estimate of drug-likeness (QED) is 0.664. The Hall–Kier alpha value is -1.65. The maximum absolute atomic E-state index is 11.2. The highest BCUT2D eigenvalue weighted by Crippen LogP contribution is 2.32. The van der Waals surface area contributed by atoms with Crippen LogP contribution in [0, 0.1) is 23.0 Å². The van der Waals surface area contributed by atoms with Gasteiger partial charge in [-0.1, -0.05) is 26.2 Å². The number of pyridine rings is 1. The number of aromatic nitrogens is 1. The molecule has 2 unspecified atom stereocenters. The molecule has 1 fully saturated rings. The summed E-state index contributed by atoms with van der Waals surface area (Å²) in [6.07, 6.45) is 7.47. The molecular weight excluding hydrogens is 242 g/mol. The lowest BCUT2D eigenvalue weighted by Gasteiger charge is -2.31. The molecule has 5 heteroatoms. The van der Waals surface area contributed by atoms with Crippen molar-refractivity contribution in [2.75, 3.05) is 5.32 Å². The molecule has 1 aliphatic carbocycles. The largest absolute Gasteiger partial charge is 0.361 e. The van der Waals surface area contributed by atoms with Crippen LogP contribution in [0.3, 0.4) is 0 Å². The molecule has 0 saturated heterocycles. The van der Waals surface area contributed by atoms with Crippen LogP contribution in [0.25, 0.3) is 0 Å². The summed E-state index contributed by atoms with van der Waals surface area (Å²) in [6.45, 7) is 3.94. The van der Waals surface area contributed by atoms with E-state index in [4.69, 9.17) is 0 Å². The molecule has 0 amide bonds. The fraction of sp³-hybridized carbons (Fsp3) is 0.643. The number of nitrogens with zero attached hydrogens (tertiary/aromatic N) is 2. The number of anilines is 1. The van der Waals surface area contributed by atoms with Crippen LogP contribution in [0.5, 0.6) is 0 Å². The Kier molecular flexibility index (Phi) is 4.35. The fourth-order valence-electron chi connectivity index (χ4n) is 2.95. The highest BCUT2D eigenvalue weighted by molar-refractivity contribution is 5.60. The maximum atomic E-state index is 11.2. The van der Waals surface area contributed by atoms with Crippen molar-refractivity contribution in [3.05, 3.63) is 27.9 Å². The van der Waals surface area contributed by atoms with Gasteiger partial charge in [-0.2, -0.15) is 0 Å². The van der Waals surface area contributed by atoms with Crippen molar-refractivity contribution in [1.82, 2.24) is 4.98 Å². The van der Waals surface area contributed by atoms with Crippen molar-refractivity contribution in [3.63, 3.8) is 0 Å². The maximum Gasteiger partial charge on any atom is 0.314 e. The van der Waals surface area contributed by atoms with E-state index >= 15 is 0 Å². The van der Waals surface area contributed by atoms with Gasteiger partial charge in [0, 0.05) is 17.8 Å². The summed E-state index contributed by atoms with van der Waals surface area (Å²) in [5.41, 5.74) is 0.772. The minimum absolute atomic E-state index is 0.114. The predicted molar refractivity (Wildman–Crippen MR) is 75.3 cm³/mol. The Bertz CT molecular complexity index is 462. The van der Waals surface area contributed by atoms with E-state index in [1.54, 1.807) is 19.2 Å². The lowest BCUT2D eigenvalue weighted by Crippen LogP contribution is -2.32. The summed E-state index contributed by atoms with van der Waals surface area (Å²) in [5.74, 6) is 1.02. The van der Waals surface area contributed by atoms with Gasteiger partial charge >= 0.3 is 5.69 Å². The molecule has 104 valence electrons. The summed E-state index contributed by atoms with van der Waals surface area (Å²) in [5, 5.41) is 14.5. The third kappa shape index (κ3) is 3.03. The topological polar surface area (TPSA) is 68.1 Å². The first kappa shape index (κ1) is 13.8. The zero-order valence-electron chi connectivity index (χ0n) is 11.6. The number of hydrogen-bond donors (Lipinski definition) is 1. The van der Waals surface area contributed by atoms with E-state index in [1.165, 1.54) is 19.3 Å². The Balaban J connectivity index is 2.22. The number of aryl methyl sites for hydroxylation is 1. The summed E-state index contributed by atoms with van der Waals surface area (Å²) in [4.78, 5) is 15.0. The molecule has 1 N–H and O–H groups in total. The number of rotatable bonds is 4. The fourth-order valence-corrected chi connectivity index (χ4v) is 2.95. The molecule has 1 saturated carbocycles. The van der Waals surface area contributed by atoms with Gasteiger partial charge in [-0.3, -0.25) is 10.1 Å². The highest BCUT2D eigenvalue weighted by Gasteiger charge is 2.27. The molecule has 19 heavy (non-hydrogen) atoms. The first-order valence-electron chi connectivity index (χ1n) is 7.00. The average Bonchev–Trinajstić information content (AvgIpc) is 2.39. The predicted octanol–water partition coefficient (Wildman–Crippen LogP) is 3.68. The zero-order valence-corrected chi connectivity index (χ0v) is 11.6. The van der Waals surface area contributed by atoms with Gasteiger partial charge in [0.2, 0.25) is 5.82 Å². The third-order valence-corrected chi connectivity index (χ3v) is 4.06. The number of nitro groups is 1. The summed E-state index contributed by atoms with van der Waals surface area (Å²) in [7, 11) is 0. The molecular formula is C14H21N3O2. The second kappa shape index (κ2) is 5.99. The standard InChI is InChI=1S/C14H21N3O2/c1-3-11-6-4-5-7-12(11)16-14-13(17(18)19)10(2)8-9-15-14/h8-9,11-12H,3-7H2,1-2H3,(H,15,16). The van der Waals surface area contributed by atoms with E-state index in [9.17, 15) is 10.1 Å². The van der Waals surface area contributed by atoms with Crippen molar-refractivity contribution >= 4 is 11.5 Å². The normalized spacial score (nSPS) is 23.1. The van der Waals surface area contributed by atoms with Crippen LogP contribution >= 0.6 is 0 Å². The molecule has 1 aromatic rings. The van der Waals surface area contributed by atoms with E-state index in [1.807, 2.05) is 0 Å². The first-order valence-corrected chi connectivity index (χ1v) is 7.00. The molecule has 0 aliphatic heterocycles. The first-order chi connectivity index (χ1) is 9.13. The van der Waals surface area contributed by atoms with Gasteiger partial charge in [-0.25, -0.2) is 4.98 Å². The van der Waals surface area contributed by atoms with Crippen LogP contribution in [-0.4, -0.2) is 15.9 Å². The van der Waals surface area contributed by atoms with Crippen molar-refractivity contribution in [1.29, 1.82) is 0 Å². The van der Waals surface area contributed by atoms with Crippen molar-refractivity contribution < 1.29 is 4.92 Å². The number of hydrogen-bond acceptors (Lipinski definition) is 4. The molecule has 1 heterocycles. The summed E-state index contributed by atoms with van der Waals surface area (Å²) < 4.78 is 0. The Labute approximate surface area is 113 Å². The molecule has 0 spiro atoms. The van der Waals surface area contributed by atoms with E-state index in [0.717, 1.165) is 12.8 Å². The Morgan fingerprint density at radius 1 is 1.47 bits per heavy atom. The van der Waals surface area contributed by atoms with Gasteiger partial charge in [0.25, 0.3) is 0 Å². The molecule has 2 rings (SSSR count). The second-order valence-electron chi connectivity index (χ2n) is 5.29. The monoisotopic (exact) mass is 263 g/mol. The Morgan fingerprint density at radius 2 is 2.21 bits per heavy atom. The van der Waals surface area contributed by atoms with Crippen LogP contribution < -0.4 is 5.32 Å². The second-order valence-corrected chi connectivity index (χ2v) is 5.29. The SMILES string of the molecule is CCC1CCCCC1Nc1nccc(C)c1[N+](=O)[O-]. The van der Waals surface area contributed by atoms with Crippen LogP contribution in [-0.2, 0) is 0 Å². The van der Waals surface area contributed by atoms with Gasteiger partial charge in [0.15, 0.2) is 0 Å². The van der Waals surface area contributed by atoms with Gasteiger partial charge in [-0.15, -0.1) is 0 Å². The van der Waals surface area contributed by atoms with E-state index in [2.05, 4.69) is 17.2 Å². The van der Waals surface area contributed by atoms with Gasteiger partial charge in [0.05, 0.1) is 4.92 Å². The minimum atomic E-state index is -0.339. The van der Waals surface area contributed by atoms with Gasteiger partial charge < -0.3 is 5.32 Å². The molecule has 0 bridgehead atoms. The van der Waals surface area contributed by atoms with E-state index in [-0.39, 0.29) is 10.6 Å². The Morgan fingerprint density at radius 3 is 2.89 bits per heavy atom. The number of nitrogens with one attached hydrogen (secondary N) is 1. The van der Waals surface area contributed by atoms with Crippen molar-refractivity contribution in [3.8, 4) is 0 Å². The van der Waals surface area contributed by atoms with Crippen LogP contribution in [0.4, 0.5) is 11.5 Å². The lowest BCUT2D eigenvalue weighted by molar-refractivity contribution is -0.384. The molecule has 1 aromatic heterocycles. The third-order valence-electron chi connectivity index (χ3n) is 4.06. The van der Waals surface area contributed by atoms with Gasteiger partial charge in [-0.05, 0) is 31.7 Å². The molecule has 0 aromatic carbocycles. The molecule has 0 radical (unpaired) electrons. The zero-order chi connectivity index (χ0) is 13.8. The van der Waals surface area contributed by atoms with Crippen LogP contribution in [0.2, 0.25) is 0 Å². The minimum Gasteiger partial charge on any atom is -0.361 e. The smallest absolute Gasteiger partial charge is 0.314 e. The molecule has 5 nitrogen and oxygen atoms in total. The van der Waals surface area contributed by atoms with Crippen LogP contribution in [0.1, 0.15) is 44.6 Å². The summed E-state index contributed by atoms with van der Waals surface area (Å²) in [6, 6.07) is 1.99. The van der Waals surface area contributed by atoms with Crippen molar-refractivity contribution in [2.24, 2.45) is 5.92 Å². The molecule has 2 atom stereocenters. The van der Waals surface area contributed by atoms with E-state index in [0.29, 0.717) is 23.3 Å². The van der Waals surface area contributed by atoms with Gasteiger partial charge in [0.1, 0.15) is 0 Å². The highest BCUT2D eigenvalue weighted by atomic mass is 16.6. The average molecular weight is 263 g/mol. The summed E-state index contributed by atoms with van der Waals surface area (Å²) >= 11 is 0.